The van der Waals surface area contributed by atoms with Crippen LogP contribution in [0, 0.1) is 11.8 Å². The summed E-state index contributed by atoms with van der Waals surface area (Å²) in [7, 11) is 0. The lowest BCUT2D eigenvalue weighted by molar-refractivity contribution is 0.667. The van der Waals surface area contributed by atoms with Crippen LogP contribution in [-0.2, 0) is 6.42 Å². The fourth-order valence-corrected chi connectivity index (χ4v) is 1.81. The predicted octanol–water partition coefficient (Wildman–Crippen LogP) is 3.74. The van der Waals surface area contributed by atoms with Crippen LogP contribution >= 0.6 is 0 Å². The summed E-state index contributed by atoms with van der Waals surface area (Å²) in [5.41, 5.74) is 0. The number of nitrogens with one attached hydrogen (secondary N) is 2. The first-order valence-electron chi connectivity index (χ1n) is 8.24. The molecule has 0 unspecified atom stereocenters. The van der Waals surface area contributed by atoms with Gasteiger partial charge in [-0.05, 0) is 18.3 Å². The molecule has 0 saturated carbocycles. The van der Waals surface area contributed by atoms with Crippen molar-refractivity contribution >= 4 is 11.9 Å². The van der Waals surface area contributed by atoms with Gasteiger partial charge >= 0.3 is 0 Å². The average molecular weight is 293 g/mol. The van der Waals surface area contributed by atoms with E-state index in [9.17, 15) is 0 Å². The summed E-state index contributed by atoms with van der Waals surface area (Å²) < 4.78 is 0. The zero-order valence-corrected chi connectivity index (χ0v) is 14.2. The lowest BCUT2D eigenvalue weighted by Gasteiger charge is -2.12. The van der Waals surface area contributed by atoms with Crippen molar-refractivity contribution in [2.45, 2.75) is 60.3 Å². The summed E-state index contributed by atoms with van der Waals surface area (Å²) in [4.78, 5) is 13.5. The maximum absolute atomic E-state index is 4.53. The number of aryl methyl sites for hydroxylation is 1. The van der Waals surface area contributed by atoms with Gasteiger partial charge in [0.1, 0.15) is 5.82 Å². The first kappa shape index (κ1) is 17.7. The Kier molecular flexibility index (Phi) is 8.01. The van der Waals surface area contributed by atoms with E-state index < -0.39 is 0 Å². The molecule has 5 nitrogen and oxygen atoms in total. The van der Waals surface area contributed by atoms with Crippen LogP contribution in [0.15, 0.2) is 0 Å². The molecule has 0 fully saturated rings. The van der Waals surface area contributed by atoms with E-state index in [0.717, 1.165) is 31.8 Å². The molecule has 0 saturated heterocycles. The van der Waals surface area contributed by atoms with E-state index in [0.29, 0.717) is 23.7 Å². The van der Waals surface area contributed by atoms with Crippen molar-refractivity contribution in [2.75, 3.05) is 23.7 Å². The summed E-state index contributed by atoms with van der Waals surface area (Å²) in [5, 5.41) is 6.60. The van der Waals surface area contributed by atoms with Crippen LogP contribution in [0.25, 0.3) is 0 Å². The molecular weight excluding hydrogens is 262 g/mol. The number of hydrogen-bond donors (Lipinski definition) is 2. The molecule has 0 radical (unpaired) electrons. The maximum atomic E-state index is 4.53. The van der Waals surface area contributed by atoms with E-state index in [4.69, 9.17) is 0 Å². The number of anilines is 2. The third-order valence-corrected chi connectivity index (χ3v) is 3.02. The van der Waals surface area contributed by atoms with Crippen molar-refractivity contribution < 1.29 is 0 Å². The second-order valence-corrected chi connectivity index (χ2v) is 6.41. The standard InChI is InChI=1S/C16H31N5/c1-6-7-8-9-14-19-15(17-10-12(2)3)21-16(20-14)18-11-13(4)5/h12-13H,6-11H2,1-5H3,(H2,17,18,19,20,21). The maximum Gasteiger partial charge on any atom is 0.227 e. The van der Waals surface area contributed by atoms with Crippen LogP contribution in [0.3, 0.4) is 0 Å². The quantitative estimate of drug-likeness (QED) is 0.643. The molecule has 0 amide bonds. The molecule has 0 aliphatic carbocycles. The zero-order valence-electron chi connectivity index (χ0n) is 14.2. The van der Waals surface area contributed by atoms with Gasteiger partial charge in [-0.1, -0.05) is 47.5 Å². The highest BCUT2D eigenvalue weighted by Crippen LogP contribution is 2.10. The molecule has 0 aliphatic heterocycles. The van der Waals surface area contributed by atoms with E-state index in [1.54, 1.807) is 0 Å². The van der Waals surface area contributed by atoms with E-state index in [1.807, 2.05) is 0 Å². The molecule has 0 bridgehead atoms. The second-order valence-electron chi connectivity index (χ2n) is 6.41. The van der Waals surface area contributed by atoms with Gasteiger partial charge in [-0.25, -0.2) is 0 Å². The summed E-state index contributed by atoms with van der Waals surface area (Å²) in [6.07, 6.45) is 4.48. The third kappa shape index (κ3) is 7.83. The van der Waals surface area contributed by atoms with E-state index in [2.05, 4.69) is 60.2 Å². The van der Waals surface area contributed by atoms with Crippen LogP contribution in [0.1, 0.15) is 59.7 Å². The Morgan fingerprint density at radius 1 is 0.810 bits per heavy atom. The van der Waals surface area contributed by atoms with Crippen LogP contribution in [-0.4, -0.2) is 28.0 Å². The highest BCUT2D eigenvalue weighted by Gasteiger charge is 2.07. The first-order valence-corrected chi connectivity index (χ1v) is 8.24. The van der Waals surface area contributed by atoms with Gasteiger partial charge in [0.25, 0.3) is 0 Å². The van der Waals surface area contributed by atoms with E-state index in [1.165, 1.54) is 12.8 Å². The fraction of sp³-hybridized carbons (Fsp3) is 0.812. The Labute approximate surface area is 129 Å². The molecule has 0 atom stereocenters. The normalized spacial score (nSPS) is 11.2. The molecule has 1 aromatic rings. The summed E-state index contributed by atoms with van der Waals surface area (Å²) in [6.45, 7) is 12.7. The topological polar surface area (TPSA) is 62.7 Å². The van der Waals surface area contributed by atoms with Gasteiger partial charge in [-0.2, -0.15) is 15.0 Å². The smallest absolute Gasteiger partial charge is 0.227 e. The zero-order chi connectivity index (χ0) is 15.7. The molecule has 1 heterocycles. The van der Waals surface area contributed by atoms with E-state index in [-0.39, 0.29) is 0 Å². The van der Waals surface area contributed by atoms with Gasteiger partial charge in [0.05, 0.1) is 0 Å². The number of rotatable bonds is 10. The van der Waals surface area contributed by atoms with Gasteiger partial charge in [0.2, 0.25) is 11.9 Å². The fourth-order valence-electron chi connectivity index (χ4n) is 1.81. The van der Waals surface area contributed by atoms with E-state index >= 15 is 0 Å². The molecule has 5 heteroatoms. The summed E-state index contributed by atoms with van der Waals surface area (Å²) >= 11 is 0. The minimum absolute atomic E-state index is 0.567. The van der Waals surface area contributed by atoms with Gasteiger partial charge in [0, 0.05) is 19.5 Å². The lowest BCUT2D eigenvalue weighted by atomic mass is 10.2. The van der Waals surface area contributed by atoms with Gasteiger partial charge in [-0.15, -0.1) is 0 Å². The Morgan fingerprint density at radius 2 is 1.33 bits per heavy atom. The highest BCUT2D eigenvalue weighted by atomic mass is 15.2. The highest BCUT2D eigenvalue weighted by molar-refractivity contribution is 5.34. The van der Waals surface area contributed by atoms with Crippen LogP contribution in [0.5, 0.6) is 0 Å². The molecular formula is C16H31N5. The molecule has 21 heavy (non-hydrogen) atoms. The van der Waals surface area contributed by atoms with Crippen molar-refractivity contribution in [3.8, 4) is 0 Å². The predicted molar refractivity (Wildman–Crippen MR) is 89.7 cm³/mol. The van der Waals surface area contributed by atoms with Crippen molar-refractivity contribution in [1.29, 1.82) is 0 Å². The minimum atomic E-state index is 0.567. The Balaban J connectivity index is 2.74. The molecule has 2 N–H and O–H groups in total. The Hall–Kier alpha value is -1.39. The number of aromatic nitrogens is 3. The average Bonchev–Trinajstić information content (AvgIpc) is 2.43. The van der Waals surface area contributed by atoms with Crippen LogP contribution in [0.2, 0.25) is 0 Å². The number of unbranched alkanes of at least 4 members (excludes halogenated alkanes) is 2. The lowest BCUT2D eigenvalue weighted by Crippen LogP contribution is -2.16. The minimum Gasteiger partial charge on any atom is -0.354 e. The van der Waals surface area contributed by atoms with Crippen LogP contribution in [0.4, 0.5) is 11.9 Å². The van der Waals surface area contributed by atoms with Crippen molar-refractivity contribution in [1.82, 2.24) is 15.0 Å². The number of hydrogen-bond acceptors (Lipinski definition) is 5. The van der Waals surface area contributed by atoms with Crippen LogP contribution < -0.4 is 10.6 Å². The largest absolute Gasteiger partial charge is 0.354 e. The molecule has 0 spiro atoms. The van der Waals surface area contributed by atoms with Crippen molar-refractivity contribution in [3.63, 3.8) is 0 Å². The SMILES string of the molecule is CCCCCc1nc(NCC(C)C)nc(NCC(C)C)n1. The van der Waals surface area contributed by atoms with Gasteiger partial charge < -0.3 is 10.6 Å². The summed E-state index contributed by atoms with van der Waals surface area (Å²) in [6, 6.07) is 0. The molecule has 1 rings (SSSR count). The second kappa shape index (κ2) is 9.53. The Bertz CT molecular complexity index is 373. The van der Waals surface area contributed by atoms with Crippen molar-refractivity contribution in [2.24, 2.45) is 11.8 Å². The molecule has 1 aromatic heterocycles. The molecule has 0 aliphatic rings. The van der Waals surface area contributed by atoms with Crippen molar-refractivity contribution in [3.05, 3.63) is 5.82 Å². The third-order valence-electron chi connectivity index (χ3n) is 3.02. The summed E-state index contributed by atoms with van der Waals surface area (Å²) in [5.74, 6) is 3.40. The first-order chi connectivity index (χ1) is 10.0. The molecule has 120 valence electrons. The monoisotopic (exact) mass is 293 g/mol. The molecule has 0 aromatic carbocycles. The number of nitrogens with zero attached hydrogens (tertiary/aromatic N) is 3. The van der Waals surface area contributed by atoms with Gasteiger partial charge in [0.15, 0.2) is 0 Å². The van der Waals surface area contributed by atoms with Gasteiger partial charge in [-0.3, -0.25) is 0 Å². The Morgan fingerprint density at radius 3 is 1.76 bits per heavy atom.